The zero-order valence-corrected chi connectivity index (χ0v) is 84.6. The molecule has 7 aliphatic rings. The van der Waals surface area contributed by atoms with Gasteiger partial charge in [-0.1, -0.05) is 168 Å². The Kier molecular flexibility index (Phi) is 35.2. The maximum atomic E-state index is 13.4. The number of aliphatic hydroxyl groups excluding tert-OH is 2. The fraction of sp³-hybridized carbons (Fsp3) is 0.482. The van der Waals surface area contributed by atoms with Crippen LogP contribution in [-0.2, 0) is 90.5 Å². The number of hydrogen-bond acceptors (Lipinski definition) is 20. The van der Waals surface area contributed by atoms with Gasteiger partial charge in [0.2, 0.25) is 23.6 Å². The molecule has 8 aromatic carbocycles. The zero-order valence-electron chi connectivity index (χ0n) is 84.6. The number of nitrogens with zero attached hydrogens (tertiary/aromatic N) is 9. The number of benzene rings is 8. The number of ether oxygens (including phenoxy) is 4. The number of piperidine rings is 4. The summed E-state index contributed by atoms with van der Waals surface area (Å²) in [4.78, 5) is 67.7. The van der Waals surface area contributed by atoms with Crippen LogP contribution in [0.2, 0.25) is 0 Å². The predicted molar refractivity (Wildman–Crippen MR) is 533 cm³/mol. The van der Waals surface area contributed by atoms with Crippen LogP contribution in [-0.4, -0.2) is 194 Å². The van der Waals surface area contributed by atoms with E-state index in [1.807, 2.05) is 121 Å². The SMILES string of the molecule is Cc1cc([C@@H](C)OC[C@@]2(c3ccccc3)CC[C@@](C(N)=O)(n3cnnc3)CN2)cc(C(F)(F)F)c1.Cc1cc([C@@H](C)OC[C@@]2(c3ccccc3)CC[C@](CC(C)(C)O)(N3C=NCC3=O)CN2)cc(C(F)(F)F)c1.Cc1cc([C@@H](C)OC[C@@]2(c3ccccc3)CC[C@](C[C@@H](C)O)(N3C=NCC3=O)CN2)cc(C(F)(F)F)c1.Cc1cc([C@@H](C)OC[C@@]2(c3ccccc3)CC[C@](C[C@H](C)O)(N3C=NCC3=O)CN2)cc(C(F)(F)F)c1. The summed E-state index contributed by atoms with van der Waals surface area (Å²) in [5.74, 6) is -0.799. The Hall–Kier alpha value is -11.5. The molecule has 4 saturated heterocycles. The van der Waals surface area contributed by atoms with Gasteiger partial charge in [-0.3, -0.25) is 48.9 Å². The highest BCUT2D eigenvalue weighted by atomic mass is 19.4. The number of nitrogens with two attached hydrogens (primary N) is 1. The lowest BCUT2D eigenvalue weighted by Crippen LogP contribution is -2.66. The number of carbonyl (C=O) groups is 4. The summed E-state index contributed by atoms with van der Waals surface area (Å²) in [6.45, 7) is 23.0. The lowest BCUT2D eigenvalue weighted by molar-refractivity contribution is -0.138. The molecule has 37 heteroatoms. The van der Waals surface area contributed by atoms with E-state index in [9.17, 15) is 87.2 Å². The van der Waals surface area contributed by atoms with Crippen molar-refractivity contribution in [1.29, 1.82) is 0 Å². The van der Waals surface area contributed by atoms with Gasteiger partial charge in [-0.2, -0.15) is 52.7 Å². The lowest BCUT2D eigenvalue weighted by atomic mass is 9.72. The summed E-state index contributed by atoms with van der Waals surface area (Å²) < 4.78 is 187. The van der Waals surface area contributed by atoms with Gasteiger partial charge in [-0.15, -0.1) is 10.2 Å². The van der Waals surface area contributed by atoms with Gasteiger partial charge in [0.15, 0.2) is 0 Å². The normalized spacial score (nSPS) is 25.2. The molecular weight excluding hydrogens is 1920 g/mol. The number of hydrogen-bond donors (Lipinski definition) is 8. The minimum absolute atomic E-state index is 0.0917. The van der Waals surface area contributed by atoms with E-state index in [0.717, 1.165) is 70.8 Å². The fourth-order valence-electron chi connectivity index (χ4n) is 21.4. The van der Waals surface area contributed by atoms with Crippen LogP contribution >= 0.6 is 0 Å². The Morgan fingerprint density at radius 2 is 0.633 bits per heavy atom. The van der Waals surface area contributed by atoms with Gasteiger partial charge >= 0.3 is 24.7 Å². The van der Waals surface area contributed by atoms with Crippen LogP contribution in [0.5, 0.6) is 0 Å². The average molecular weight is 2050 g/mol. The molecule has 0 saturated carbocycles. The number of nitrogens with one attached hydrogen (secondary N) is 4. The van der Waals surface area contributed by atoms with Crippen molar-refractivity contribution in [3.05, 3.63) is 296 Å². The van der Waals surface area contributed by atoms with Gasteiger partial charge in [0.25, 0.3) is 0 Å². The Morgan fingerprint density at radius 3 is 0.844 bits per heavy atom. The first kappa shape index (κ1) is 113. The number of halogens is 12. The van der Waals surface area contributed by atoms with E-state index in [2.05, 4.69) is 46.4 Å². The molecule has 4 amide bonds. The topological polar surface area (TPSA) is 318 Å². The third kappa shape index (κ3) is 27.0. The van der Waals surface area contributed by atoms with E-state index in [4.69, 9.17) is 24.7 Å². The Morgan fingerprint density at radius 1 is 0.381 bits per heavy atom. The van der Waals surface area contributed by atoms with E-state index in [1.54, 1.807) is 146 Å². The number of carbonyl (C=O) groups excluding carboxylic acids is 4. The fourth-order valence-corrected chi connectivity index (χ4v) is 21.4. The van der Waals surface area contributed by atoms with Crippen molar-refractivity contribution in [2.24, 2.45) is 20.7 Å². The summed E-state index contributed by atoms with van der Waals surface area (Å²) in [5, 5.41) is 53.2. The summed E-state index contributed by atoms with van der Waals surface area (Å²) in [6.07, 6.45) is -8.04. The van der Waals surface area contributed by atoms with Crippen LogP contribution in [0.4, 0.5) is 52.7 Å². The molecule has 0 unspecified atom stereocenters. The summed E-state index contributed by atoms with van der Waals surface area (Å²) >= 11 is 0. The molecule has 792 valence electrons. The van der Waals surface area contributed by atoms with Crippen molar-refractivity contribution < 1.29 is 106 Å². The van der Waals surface area contributed by atoms with Gasteiger partial charge in [0.05, 0.1) is 149 Å². The molecule has 0 bridgehead atoms. The number of alkyl halides is 12. The van der Waals surface area contributed by atoms with Gasteiger partial charge in [-0.25, -0.2) is 0 Å². The molecule has 14 atom stereocenters. The van der Waals surface area contributed by atoms with Crippen molar-refractivity contribution in [2.75, 3.05) is 72.2 Å². The molecule has 25 nitrogen and oxygen atoms in total. The molecule has 8 heterocycles. The summed E-state index contributed by atoms with van der Waals surface area (Å²) in [6, 6.07) is 55.0. The van der Waals surface area contributed by atoms with Gasteiger partial charge in [0, 0.05) is 32.6 Å². The minimum atomic E-state index is -4.43. The molecule has 7 aliphatic heterocycles. The summed E-state index contributed by atoms with van der Waals surface area (Å²) in [5.41, 5.74) is 4.38. The molecule has 0 spiro atoms. The standard InChI is InChI=1S/C29H36F3N3O3.2C28H34F3N3O3.C25H28F3N5O2/c1-20-12-22(14-24(13-20)29(30,31)32)21(2)38-18-28(23-8-6-5-7-9-23)11-10-27(17-34-28,16-26(3,4)37)35-19-33-15-25(35)36;2*1-19-11-22(13-24(12-19)28(29,30)31)21(3)37-17-27(23-7-5-4-6-8-23)10-9-26(16-33-27,14-20(2)35)34-18-32-15-25(34)36;1-17-10-19(12-21(11-17)25(26,27)28)18(2)35-14-23(20-6-4-3-5-7-20)8-9-24(13-30-23,22(29)34)33-15-31-32-16-33/h5-9,12-14,19,21,34,37H,10-11,15-18H2,1-4H3;2*4-8,11-13,18,20-21,33,35H,9-10,14-17H2,1-3H3;3-7,10-12,15-16,18,30H,8-9,13-14H2,1-2H3,(H2,29,34)/t21-,27-,28-;20-,21+,26+,27+;20-,21-,26-,27-;18-,23-,24-/m1011/s1. The quantitative estimate of drug-likeness (QED) is 0.0187. The monoisotopic (exact) mass is 2050 g/mol. The maximum absolute atomic E-state index is 13.4. The third-order valence-corrected chi connectivity index (χ3v) is 29.3. The maximum Gasteiger partial charge on any atom is 0.416 e. The molecule has 9 N–H and O–H groups in total. The van der Waals surface area contributed by atoms with E-state index in [-0.39, 0.29) is 70.3 Å². The van der Waals surface area contributed by atoms with Crippen LogP contribution < -0.4 is 27.0 Å². The highest BCUT2D eigenvalue weighted by Crippen LogP contribution is 2.49. The van der Waals surface area contributed by atoms with Crippen LogP contribution in [0, 0.1) is 27.7 Å². The third-order valence-electron chi connectivity index (χ3n) is 29.3. The largest absolute Gasteiger partial charge is 0.416 e. The number of rotatable bonds is 31. The highest BCUT2D eigenvalue weighted by Gasteiger charge is 2.56. The number of primary amides is 1. The van der Waals surface area contributed by atoms with Gasteiger partial charge < -0.3 is 65.8 Å². The minimum Gasteiger partial charge on any atom is -0.393 e. The smallest absolute Gasteiger partial charge is 0.393 e. The second-order valence-corrected chi connectivity index (χ2v) is 41.2. The second-order valence-electron chi connectivity index (χ2n) is 41.2. The van der Waals surface area contributed by atoms with Crippen LogP contribution in [0.15, 0.2) is 222 Å². The van der Waals surface area contributed by atoms with E-state index >= 15 is 0 Å². The molecule has 16 rings (SSSR count). The molecule has 1 aromatic heterocycles. The lowest BCUT2D eigenvalue weighted by Gasteiger charge is -2.52. The molecular formula is C110H132F12N14O11. The van der Waals surface area contributed by atoms with Gasteiger partial charge in [-0.05, 0) is 240 Å². The van der Waals surface area contributed by atoms with Crippen LogP contribution in [0.1, 0.15) is 239 Å². The van der Waals surface area contributed by atoms with Crippen LogP contribution in [0.25, 0.3) is 0 Å². The van der Waals surface area contributed by atoms with Crippen molar-refractivity contribution in [3.8, 4) is 0 Å². The highest BCUT2D eigenvalue weighted by molar-refractivity contribution is 5.96. The Balaban J connectivity index is 0.000000164. The second kappa shape index (κ2) is 45.9. The molecule has 0 aliphatic carbocycles. The van der Waals surface area contributed by atoms with Crippen LogP contribution in [0.3, 0.4) is 0 Å². The first-order valence-corrected chi connectivity index (χ1v) is 49.3. The van der Waals surface area contributed by atoms with E-state index in [0.29, 0.717) is 135 Å². The van der Waals surface area contributed by atoms with E-state index in [1.165, 1.54) is 12.7 Å². The number of aromatic nitrogens is 3. The number of aliphatic hydroxyl groups is 3. The molecule has 4 fully saturated rings. The average Bonchev–Trinajstić information content (AvgIpc) is 1.73. The Bertz CT molecular complexity index is 5860. The molecule has 0 radical (unpaired) electrons. The Labute approximate surface area is 849 Å². The first-order chi connectivity index (χ1) is 69.2. The van der Waals surface area contributed by atoms with Crippen molar-refractivity contribution in [3.63, 3.8) is 0 Å². The van der Waals surface area contributed by atoms with Crippen molar-refractivity contribution >= 4 is 42.6 Å². The van der Waals surface area contributed by atoms with Crippen molar-refractivity contribution in [1.82, 2.24) is 50.7 Å². The summed E-state index contributed by atoms with van der Waals surface area (Å²) in [7, 11) is 0. The zero-order chi connectivity index (χ0) is 107. The van der Waals surface area contributed by atoms with Gasteiger partial charge in [0.1, 0.15) is 37.8 Å². The number of amides is 4. The predicted octanol–water partition coefficient (Wildman–Crippen LogP) is 18.5. The van der Waals surface area contributed by atoms with Crippen molar-refractivity contribution in [2.45, 2.75) is 265 Å². The molecule has 147 heavy (non-hydrogen) atoms. The molecule has 9 aromatic rings. The van der Waals surface area contributed by atoms with E-state index < -0.39 is 139 Å². The first-order valence-electron chi connectivity index (χ1n) is 49.3. The number of aryl methyl sites for hydroxylation is 4. The number of aliphatic imine (C=N–C) groups is 3.